The molecular formula is C14H17N3O. The Bertz CT molecular complexity index is 526. The minimum Gasteiger partial charge on any atom is -0.497 e. The monoisotopic (exact) mass is 243 g/mol. The number of nitrogens with one attached hydrogen (secondary N) is 1. The molecule has 2 rings (SSSR count). The van der Waals surface area contributed by atoms with E-state index in [4.69, 9.17) is 4.74 Å². The summed E-state index contributed by atoms with van der Waals surface area (Å²) < 4.78 is 5.17. The molecule has 0 aliphatic heterocycles. The summed E-state index contributed by atoms with van der Waals surface area (Å²) in [5, 5.41) is 3.17. The fraction of sp³-hybridized carbons (Fsp3) is 0.286. The van der Waals surface area contributed by atoms with Crippen molar-refractivity contribution in [3.63, 3.8) is 0 Å². The third kappa shape index (κ3) is 2.97. The third-order valence-electron chi connectivity index (χ3n) is 2.59. The van der Waals surface area contributed by atoms with Gasteiger partial charge in [-0.2, -0.15) is 0 Å². The van der Waals surface area contributed by atoms with Crippen LogP contribution >= 0.6 is 0 Å². The third-order valence-corrected chi connectivity index (χ3v) is 2.59. The van der Waals surface area contributed by atoms with Gasteiger partial charge in [0.2, 0.25) is 5.95 Å². The van der Waals surface area contributed by atoms with Gasteiger partial charge in [-0.05, 0) is 24.1 Å². The number of ether oxygens (including phenoxy) is 1. The zero-order valence-electron chi connectivity index (χ0n) is 10.8. The van der Waals surface area contributed by atoms with Gasteiger partial charge in [-0.1, -0.05) is 19.9 Å². The van der Waals surface area contributed by atoms with Gasteiger partial charge in [-0.15, -0.1) is 0 Å². The largest absolute Gasteiger partial charge is 0.497 e. The zero-order valence-corrected chi connectivity index (χ0v) is 10.8. The highest BCUT2D eigenvalue weighted by Crippen LogP contribution is 2.20. The van der Waals surface area contributed by atoms with Gasteiger partial charge in [-0.3, -0.25) is 0 Å². The molecule has 0 bridgehead atoms. The van der Waals surface area contributed by atoms with Gasteiger partial charge in [0, 0.05) is 23.6 Å². The van der Waals surface area contributed by atoms with Gasteiger partial charge in [-0.25, -0.2) is 9.97 Å². The lowest BCUT2D eigenvalue weighted by Crippen LogP contribution is -2.01. The van der Waals surface area contributed by atoms with Crippen molar-refractivity contribution < 1.29 is 4.74 Å². The van der Waals surface area contributed by atoms with Gasteiger partial charge >= 0.3 is 0 Å². The Morgan fingerprint density at radius 1 is 1.22 bits per heavy atom. The van der Waals surface area contributed by atoms with Crippen molar-refractivity contribution in [2.45, 2.75) is 19.8 Å². The normalized spacial score (nSPS) is 10.4. The van der Waals surface area contributed by atoms with Crippen molar-refractivity contribution in [2.75, 3.05) is 12.4 Å². The van der Waals surface area contributed by atoms with Gasteiger partial charge in [0.1, 0.15) is 5.75 Å². The molecule has 18 heavy (non-hydrogen) atoms. The van der Waals surface area contributed by atoms with Gasteiger partial charge in [0.05, 0.1) is 7.11 Å². The zero-order chi connectivity index (χ0) is 13.0. The first-order valence-electron chi connectivity index (χ1n) is 5.93. The maximum Gasteiger partial charge on any atom is 0.227 e. The second kappa shape index (κ2) is 5.49. The van der Waals surface area contributed by atoms with Crippen LogP contribution in [0.4, 0.5) is 11.6 Å². The first-order valence-corrected chi connectivity index (χ1v) is 5.93. The molecule has 1 heterocycles. The van der Waals surface area contributed by atoms with Crippen molar-refractivity contribution >= 4 is 11.6 Å². The molecule has 1 N–H and O–H groups in total. The van der Waals surface area contributed by atoms with Crippen LogP contribution in [0.1, 0.15) is 25.5 Å². The second-order valence-electron chi connectivity index (χ2n) is 4.32. The first-order chi connectivity index (χ1) is 8.69. The average Bonchev–Trinajstić information content (AvgIpc) is 2.39. The highest BCUT2D eigenvalue weighted by molar-refractivity contribution is 5.55. The Kier molecular flexibility index (Phi) is 3.77. The molecule has 4 heteroatoms. The van der Waals surface area contributed by atoms with E-state index >= 15 is 0 Å². The molecule has 0 spiro atoms. The van der Waals surface area contributed by atoms with Gasteiger partial charge in [0.25, 0.3) is 0 Å². The molecule has 0 saturated carbocycles. The molecule has 1 aromatic carbocycles. The van der Waals surface area contributed by atoms with Crippen LogP contribution in [-0.2, 0) is 0 Å². The molecule has 0 radical (unpaired) electrons. The topological polar surface area (TPSA) is 47.0 Å². The Morgan fingerprint density at radius 3 is 2.78 bits per heavy atom. The number of benzene rings is 1. The van der Waals surface area contributed by atoms with Crippen LogP contribution in [0.25, 0.3) is 0 Å². The summed E-state index contributed by atoms with van der Waals surface area (Å²) in [6.07, 6.45) is 1.77. The van der Waals surface area contributed by atoms with E-state index in [1.54, 1.807) is 13.3 Å². The number of hydrogen-bond donors (Lipinski definition) is 1. The van der Waals surface area contributed by atoms with E-state index in [-0.39, 0.29) is 0 Å². The molecule has 0 atom stereocenters. The lowest BCUT2D eigenvalue weighted by atomic mass is 10.1. The molecular weight excluding hydrogens is 226 g/mol. The summed E-state index contributed by atoms with van der Waals surface area (Å²) in [6, 6.07) is 9.62. The van der Waals surface area contributed by atoms with Crippen LogP contribution in [-0.4, -0.2) is 17.1 Å². The number of rotatable bonds is 4. The lowest BCUT2D eigenvalue weighted by molar-refractivity contribution is 0.415. The molecule has 0 saturated heterocycles. The fourth-order valence-electron chi connectivity index (χ4n) is 1.58. The van der Waals surface area contributed by atoms with Crippen LogP contribution in [0.15, 0.2) is 36.5 Å². The second-order valence-corrected chi connectivity index (χ2v) is 4.32. The van der Waals surface area contributed by atoms with Crippen molar-refractivity contribution in [3.05, 3.63) is 42.2 Å². The molecule has 0 aliphatic carbocycles. The Labute approximate surface area is 107 Å². The smallest absolute Gasteiger partial charge is 0.227 e. The molecule has 2 aromatic rings. The number of methoxy groups -OCH3 is 1. The number of hydrogen-bond acceptors (Lipinski definition) is 4. The SMILES string of the molecule is COc1cccc(Nc2nccc(C(C)C)n2)c1. The number of nitrogens with zero attached hydrogens (tertiary/aromatic N) is 2. The van der Waals surface area contributed by atoms with Crippen molar-refractivity contribution in [1.29, 1.82) is 0 Å². The van der Waals surface area contributed by atoms with E-state index in [1.807, 2.05) is 30.3 Å². The molecule has 0 fully saturated rings. The minimum absolute atomic E-state index is 0.388. The molecule has 4 nitrogen and oxygen atoms in total. The first kappa shape index (κ1) is 12.4. The van der Waals surface area contributed by atoms with Crippen LogP contribution in [0.2, 0.25) is 0 Å². The van der Waals surface area contributed by atoms with Crippen molar-refractivity contribution in [1.82, 2.24) is 9.97 Å². The van der Waals surface area contributed by atoms with E-state index in [0.29, 0.717) is 11.9 Å². The molecule has 0 aliphatic rings. The maximum atomic E-state index is 5.17. The maximum absolute atomic E-state index is 5.17. The average molecular weight is 243 g/mol. The summed E-state index contributed by atoms with van der Waals surface area (Å²) in [7, 11) is 1.65. The summed E-state index contributed by atoms with van der Waals surface area (Å²) in [5.74, 6) is 1.80. The number of anilines is 2. The summed E-state index contributed by atoms with van der Waals surface area (Å²) >= 11 is 0. The quantitative estimate of drug-likeness (QED) is 0.894. The predicted molar refractivity (Wildman–Crippen MR) is 72.4 cm³/mol. The fourth-order valence-corrected chi connectivity index (χ4v) is 1.58. The van der Waals surface area contributed by atoms with Gasteiger partial charge in [0.15, 0.2) is 0 Å². The van der Waals surface area contributed by atoms with Crippen LogP contribution < -0.4 is 10.1 Å². The molecule has 1 aromatic heterocycles. The highest BCUT2D eigenvalue weighted by atomic mass is 16.5. The minimum atomic E-state index is 0.388. The van der Waals surface area contributed by atoms with Crippen LogP contribution in [0.3, 0.4) is 0 Å². The van der Waals surface area contributed by atoms with Crippen LogP contribution in [0.5, 0.6) is 5.75 Å². The van der Waals surface area contributed by atoms with E-state index < -0.39 is 0 Å². The highest BCUT2D eigenvalue weighted by Gasteiger charge is 2.04. The van der Waals surface area contributed by atoms with Crippen molar-refractivity contribution in [3.8, 4) is 5.75 Å². The molecule has 94 valence electrons. The van der Waals surface area contributed by atoms with E-state index in [1.165, 1.54) is 0 Å². The van der Waals surface area contributed by atoms with Gasteiger partial charge < -0.3 is 10.1 Å². The van der Waals surface area contributed by atoms with Crippen LogP contribution in [0, 0.1) is 0 Å². The standard InChI is InChI=1S/C14H17N3O/c1-10(2)13-7-8-15-14(17-13)16-11-5-4-6-12(9-11)18-3/h4-10H,1-3H3,(H,15,16,17). The van der Waals surface area contributed by atoms with Crippen molar-refractivity contribution in [2.24, 2.45) is 0 Å². The Morgan fingerprint density at radius 2 is 2.06 bits per heavy atom. The Hall–Kier alpha value is -2.10. The summed E-state index contributed by atoms with van der Waals surface area (Å²) in [4.78, 5) is 8.67. The Balaban J connectivity index is 2.20. The summed E-state index contributed by atoms with van der Waals surface area (Å²) in [6.45, 7) is 4.22. The lowest BCUT2D eigenvalue weighted by Gasteiger charge is -2.09. The van der Waals surface area contributed by atoms with E-state index in [9.17, 15) is 0 Å². The number of aromatic nitrogens is 2. The summed E-state index contributed by atoms with van der Waals surface area (Å²) in [5.41, 5.74) is 1.94. The molecule has 0 unspecified atom stereocenters. The molecule has 0 amide bonds. The van der Waals surface area contributed by atoms with E-state index in [2.05, 4.69) is 29.1 Å². The predicted octanol–water partition coefficient (Wildman–Crippen LogP) is 3.35. The van der Waals surface area contributed by atoms with E-state index in [0.717, 1.165) is 17.1 Å².